The topological polar surface area (TPSA) is 177 Å². The summed E-state index contributed by atoms with van der Waals surface area (Å²) >= 11 is 0. The fourth-order valence-electron chi connectivity index (χ4n) is 6.17. The van der Waals surface area contributed by atoms with Crippen LogP contribution < -0.4 is 27.0 Å². The molecule has 1 aliphatic carbocycles. The smallest absolute Gasteiger partial charge is 0.322 e. The van der Waals surface area contributed by atoms with E-state index in [1.807, 2.05) is 28.8 Å². The Morgan fingerprint density at radius 1 is 1.04 bits per heavy atom. The van der Waals surface area contributed by atoms with Gasteiger partial charge in [-0.25, -0.2) is 4.98 Å². The molecule has 1 saturated carbocycles. The number of hydrogen-bond acceptors (Lipinski definition) is 12. The monoisotopic (exact) mass is 669 g/mol. The average Bonchev–Trinajstić information content (AvgIpc) is 3.58. The number of ether oxygens (including phenoxy) is 1. The first-order valence-corrected chi connectivity index (χ1v) is 18.3. The van der Waals surface area contributed by atoms with Crippen molar-refractivity contribution >= 4 is 23.6 Å². The number of rotatable bonds is 22. The van der Waals surface area contributed by atoms with Gasteiger partial charge in [0.25, 0.3) is 0 Å². The van der Waals surface area contributed by atoms with E-state index in [2.05, 4.69) is 41.5 Å². The van der Waals surface area contributed by atoms with E-state index in [-0.39, 0.29) is 12.3 Å². The number of piperidine rings is 1. The second kappa shape index (κ2) is 21.6. The molecule has 2 aromatic rings. The van der Waals surface area contributed by atoms with Gasteiger partial charge in [0.05, 0.1) is 19.3 Å². The lowest BCUT2D eigenvalue weighted by Gasteiger charge is -2.32. The molecule has 268 valence electrons. The number of carbonyl (C=O) groups excluding carboxylic acids is 2. The van der Waals surface area contributed by atoms with Gasteiger partial charge in [-0.3, -0.25) is 14.3 Å². The van der Waals surface area contributed by atoms with Gasteiger partial charge < -0.3 is 36.6 Å². The van der Waals surface area contributed by atoms with Crippen molar-refractivity contribution in [1.82, 2.24) is 40.5 Å². The Morgan fingerprint density at radius 2 is 1.85 bits per heavy atom. The number of unbranched alkanes of at least 4 members (excludes halogenated alkanes) is 1. The van der Waals surface area contributed by atoms with Crippen LogP contribution in [0, 0.1) is 5.92 Å². The zero-order valence-electron chi connectivity index (χ0n) is 29.0. The number of anilines is 2. The molecule has 1 atom stereocenters. The molecule has 1 amide bonds. The van der Waals surface area contributed by atoms with E-state index in [1.54, 1.807) is 6.20 Å². The summed E-state index contributed by atoms with van der Waals surface area (Å²) in [6.07, 6.45) is 16.9. The molecule has 48 heavy (non-hydrogen) atoms. The van der Waals surface area contributed by atoms with Gasteiger partial charge in [-0.05, 0) is 83.0 Å². The van der Waals surface area contributed by atoms with Gasteiger partial charge >= 0.3 is 5.97 Å². The van der Waals surface area contributed by atoms with Gasteiger partial charge in [0, 0.05) is 44.8 Å². The molecule has 2 fully saturated rings. The predicted octanol–water partition coefficient (Wildman–Crippen LogP) is 3.07. The first-order chi connectivity index (χ1) is 23.5. The first-order valence-electron chi connectivity index (χ1n) is 18.3. The molecule has 1 saturated heterocycles. The van der Waals surface area contributed by atoms with Gasteiger partial charge in [-0.15, -0.1) is 5.10 Å². The molecule has 0 unspecified atom stereocenters. The van der Waals surface area contributed by atoms with E-state index < -0.39 is 12.0 Å². The van der Waals surface area contributed by atoms with E-state index in [0.717, 1.165) is 88.8 Å². The van der Waals surface area contributed by atoms with Crippen LogP contribution in [0.15, 0.2) is 18.5 Å². The molecule has 2 aliphatic rings. The standard InChI is InChI=1S/C34H59N11O3/c1-2-3-23-48-33(47)30(35)11-12-32(46)44-21-14-27(15-22-44)24-39-31-13-19-38-34(41-31)40-25-29-26-45(43-42-29)20-8-17-36-16-7-18-37-28-9-5-4-6-10-28/h13,19,26-28,30,36-37H,2-12,14-18,20-25,35H2,1H3,(H2,38,39,40,41)/t30-/m0/s1. The largest absolute Gasteiger partial charge is 0.465 e. The van der Waals surface area contributed by atoms with Crippen LogP contribution in [0.25, 0.3) is 0 Å². The molecule has 6 N–H and O–H groups in total. The Kier molecular flexibility index (Phi) is 16.8. The first kappa shape index (κ1) is 37.5. The number of amides is 1. The minimum atomic E-state index is -0.750. The van der Waals surface area contributed by atoms with Crippen molar-refractivity contribution in [2.75, 3.05) is 56.5 Å². The maximum Gasteiger partial charge on any atom is 0.322 e. The number of likely N-dealkylation sites (tertiary alicyclic amines) is 1. The summed E-state index contributed by atoms with van der Waals surface area (Å²) < 4.78 is 7.05. The van der Waals surface area contributed by atoms with Crippen LogP contribution in [0.1, 0.15) is 96.1 Å². The average molecular weight is 670 g/mol. The quantitative estimate of drug-likeness (QED) is 0.0916. The molecular weight excluding hydrogens is 610 g/mol. The highest BCUT2D eigenvalue weighted by molar-refractivity contribution is 5.79. The van der Waals surface area contributed by atoms with Gasteiger partial charge in [-0.2, -0.15) is 4.98 Å². The van der Waals surface area contributed by atoms with Crippen LogP contribution in [0.4, 0.5) is 11.8 Å². The maximum absolute atomic E-state index is 12.7. The molecule has 1 aliphatic heterocycles. The van der Waals surface area contributed by atoms with Gasteiger partial charge in [0.15, 0.2) is 0 Å². The number of nitrogens with two attached hydrogens (primary N) is 1. The van der Waals surface area contributed by atoms with Crippen LogP contribution in [0.2, 0.25) is 0 Å². The summed E-state index contributed by atoms with van der Waals surface area (Å²) in [5.41, 5.74) is 6.77. The maximum atomic E-state index is 12.7. The van der Waals surface area contributed by atoms with E-state index in [0.29, 0.717) is 44.5 Å². The van der Waals surface area contributed by atoms with Crippen molar-refractivity contribution < 1.29 is 14.3 Å². The zero-order valence-corrected chi connectivity index (χ0v) is 29.0. The SMILES string of the molecule is CCCCOC(=O)[C@@H](N)CCC(=O)N1CCC(CNc2ccnc(NCc3cn(CCCNCCCNC4CCCCC4)nn3)n2)CC1. The Balaban J connectivity index is 1.04. The number of aromatic nitrogens is 5. The third kappa shape index (κ3) is 14.0. The number of esters is 1. The number of carbonyl (C=O) groups is 2. The summed E-state index contributed by atoms with van der Waals surface area (Å²) in [5.74, 6) is 1.35. The summed E-state index contributed by atoms with van der Waals surface area (Å²) in [6.45, 7) is 9.01. The lowest BCUT2D eigenvalue weighted by atomic mass is 9.95. The molecule has 2 aromatic heterocycles. The molecule has 0 spiro atoms. The molecule has 14 heteroatoms. The van der Waals surface area contributed by atoms with Gasteiger partial charge in [0.1, 0.15) is 17.6 Å². The van der Waals surface area contributed by atoms with E-state index >= 15 is 0 Å². The molecule has 0 radical (unpaired) electrons. The van der Waals surface area contributed by atoms with Gasteiger partial charge in [0.2, 0.25) is 11.9 Å². The predicted molar refractivity (Wildman–Crippen MR) is 187 cm³/mol. The molecule has 3 heterocycles. The lowest BCUT2D eigenvalue weighted by Crippen LogP contribution is -2.41. The van der Waals surface area contributed by atoms with Crippen molar-refractivity contribution in [3.05, 3.63) is 24.2 Å². The van der Waals surface area contributed by atoms with Crippen LogP contribution in [-0.4, -0.2) is 99.7 Å². The summed E-state index contributed by atoms with van der Waals surface area (Å²) in [7, 11) is 0. The van der Waals surface area contributed by atoms with Crippen molar-refractivity contribution in [1.29, 1.82) is 0 Å². The summed E-state index contributed by atoms with van der Waals surface area (Å²) in [6, 6.07) is 1.85. The number of nitrogens with one attached hydrogen (secondary N) is 4. The van der Waals surface area contributed by atoms with Crippen molar-refractivity contribution in [3.63, 3.8) is 0 Å². The highest BCUT2D eigenvalue weighted by atomic mass is 16.5. The highest BCUT2D eigenvalue weighted by Crippen LogP contribution is 2.20. The van der Waals surface area contributed by atoms with E-state index in [1.165, 1.54) is 32.1 Å². The van der Waals surface area contributed by atoms with Crippen LogP contribution in [0.5, 0.6) is 0 Å². The van der Waals surface area contributed by atoms with Crippen LogP contribution in [-0.2, 0) is 27.4 Å². The fraction of sp³-hybridized carbons (Fsp3) is 0.765. The third-order valence-electron chi connectivity index (χ3n) is 9.23. The van der Waals surface area contributed by atoms with E-state index in [9.17, 15) is 9.59 Å². The Bertz CT molecular complexity index is 1200. The molecule has 4 rings (SSSR count). The van der Waals surface area contributed by atoms with Crippen molar-refractivity contribution in [3.8, 4) is 0 Å². The molecule has 14 nitrogen and oxygen atoms in total. The Labute approximate surface area is 286 Å². The highest BCUT2D eigenvalue weighted by Gasteiger charge is 2.24. The van der Waals surface area contributed by atoms with Gasteiger partial charge in [-0.1, -0.05) is 37.8 Å². The lowest BCUT2D eigenvalue weighted by molar-refractivity contribution is -0.145. The minimum Gasteiger partial charge on any atom is -0.465 e. The summed E-state index contributed by atoms with van der Waals surface area (Å²) in [5, 5.41) is 22.5. The van der Waals surface area contributed by atoms with Crippen molar-refractivity contribution in [2.45, 2.75) is 116 Å². The Morgan fingerprint density at radius 3 is 2.67 bits per heavy atom. The number of hydrogen-bond donors (Lipinski definition) is 5. The molecule has 0 bridgehead atoms. The molecule has 0 aromatic carbocycles. The van der Waals surface area contributed by atoms with Crippen molar-refractivity contribution in [2.24, 2.45) is 11.7 Å². The second-order valence-corrected chi connectivity index (χ2v) is 13.2. The number of nitrogens with zero attached hydrogens (tertiary/aromatic N) is 6. The third-order valence-corrected chi connectivity index (χ3v) is 9.23. The van der Waals surface area contributed by atoms with Crippen LogP contribution >= 0.6 is 0 Å². The summed E-state index contributed by atoms with van der Waals surface area (Å²) in [4.78, 5) is 35.5. The fourth-order valence-corrected chi connectivity index (χ4v) is 6.17. The number of aryl methyl sites for hydroxylation is 1. The zero-order chi connectivity index (χ0) is 33.8. The van der Waals surface area contributed by atoms with E-state index in [4.69, 9.17) is 10.5 Å². The molecular formula is C34H59N11O3. The van der Waals surface area contributed by atoms with Crippen LogP contribution in [0.3, 0.4) is 0 Å². The minimum absolute atomic E-state index is 0.0464. The second-order valence-electron chi connectivity index (χ2n) is 13.2. The Hall–Kier alpha value is -3.36. The normalized spacial score (nSPS) is 16.5.